The Labute approximate surface area is 357 Å². The average molecular weight is 791 g/mol. The van der Waals surface area contributed by atoms with Crippen molar-refractivity contribution in [1.82, 2.24) is 0 Å². The summed E-state index contributed by atoms with van der Waals surface area (Å²) in [6.07, 6.45) is 8.36. The fraction of sp³-hybridized carbons (Fsp3) is 0.250. The van der Waals surface area contributed by atoms with Crippen LogP contribution >= 0.6 is 0 Å². The van der Waals surface area contributed by atoms with Crippen LogP contribution in [0.15, 0.2) is 164 Å². The van der Waals surface area contributed by atoms with Crippen LogP contribution in [0, 0.1) is 17.8 Å². The van der Waals surface area contributed by atoms with Crippen LogP contribution in [-0.2, 0) is 10.8 Å². The van der Waals surface area contributed by atoms with Crippen molar-refractivity contribution in [3.8, 4) is 0 Å². The molecule has 3 heterocycles. The number of para-hydroxylation sites is 3. The molecule has 4 fully saturated rings. The molecule has 60 heavy (non-hydrogen) atoms. The monoisotopic (exact) mass is 790 g/mol. The molecule has 4 saturated carbocycles. The predicted molar refractivity (Wildman–Crippen MR) is 256 cm³/mol. The highest BCUT2D eigenvalue weighted by Crippen LogP contribution is 2.62. The SMILES string of the molecule is CC(C)(C)c1ccc2c(c1)N(c1ccccc1)c1cc(C34CC5CC(CC(C5)C3)C4)cc3c1B2c1cccc2c1N3c1ccccc1[Si]2(c1ccccc1)c1ccccc1. The third-order valence-corrected chi connectivity index (χ3v) is 20.8. The van der Waals surface area contributed by atoms with Gasteiger partial charge < -0.3 is 9.80 Å². The summed E-state index contributed by atoms with van der Waals surface area (Å²) >= 11 is 0. The lowest BCUT2D eigenvalue weighted by atomic mass is 9.33. The fourth-order valence-electron chi connectivity index (χ4n) is 14.0. The van der Waals surface area contributed by atoms with Gasteiger partial charge in [0, 0.05) is 34.1 Å². The second kappa shape index (κ2) is 12.5. The first-order chi connectivity index (χ1) is 29.3. The topological polar surface area (TPSA) is 6.48 Å². The zero-order valence-corrected chi connectivity index (χ0v) is 36.0. The molecule has 0 radical (unpaired) electrons. The second-order valence-corrected chi connectivity index (χ2v) is 24.1. The molecule has 7 aromatic rings. The molecule has 0 saturated heterocycles. The Kier molecular flexibility index (Phi) is 7.33. The van der Waals surface area contributed by atoms with E-state index in [1.807, 2.05) is 0 Å². The second-order valence-electron chi connectivity index (χ2n) is 20.3. The van der Waals surface area contributed by atoms with Crippen LogP contribution in [0.25, 0.3) is 0 Å². The van der Waals surface area contributed by atoms with Crippen LogP contribution < -0.4 is 46.9 Å². The molecule has 0 N–H and O–H groups in total. The average Bonchev–Trinajstić information content (AvgIpc) is 3.27. The lowest BCUT2D eigenvalue weighted by Gasteiger charge is -2.58. The molecular formula is C56H51BN2Si. The summed E-state index contributed by atoms with van der Waals surface area (Å²) in [5.41, 5.74) is 15.6. The molecule has 14 rings (SSSR count). The molecule has 4 heteroatoms. The van der Waals surface area contributed by atoms with E-state index in [1.165, 1.54) is 115 Å². The third kappa shape index (κ3) is 4.72. The fourth-order valence-corrected chi connectivity index (χ4v) is 19.1. The zero-order valence-electron chi connectivity index (χ0n) is 35.0. The van der Waals surface area contributed by atoms with E-state index >= 15 is 0 Å². The third-order valence-electron chi connectivity index (χ3n) is 16.0. The predicted octanol–water partition coefficient (Wildman–Crippen LogP) is 9.23. The Hall–Kier alpha value is -5.58. The number of fused-ring (bicyclic) bond motifs is 6. The van der Waals surface area contributed by atoms with E-state index in [-0.39, 0.29) is 17.5 Å². The van der Waals surface area contributed by atoms with Crippen molar-refractivity contribution in [2.24, 2.45) is 17.8 Å². The first-order valence-corrected chi connectivity index (χ1v) is 24.6. The van der Waals surface area contributed by atoms with E-state index in [0.29, 0.717) is 0 Å². The molecule has 2 nitrogen and oxygen atoms in total. The maximum atomic E-state index is 2.77. The van der Waals surface area contributed by atoms with Gasteiger partial charge in [-0.3, -0.25) is 0 Å². The van der Waals surface area contributed by atoms with E-state index in [1.54, 1.807) is 5.56 Å². The molecule has 0 amide bonds. The van der Waals surface area contributed by atoms with Crippen LogP contribution in [-0.4, -0.2) is 14.8 Å². The Morgan fingerprint density at radius 3 is 1.72 bits per heavy atom. The molecular weight excluding hydrogens is 740 g/mol. The minimum Gasteiger partial charge on any atom is -0.312 e. The summed E-state index contributed by atoms with van der Waals surface area (Å²) in [5.74, 6) is 2.59. The van der Waals surface area contributed by atoms with Gasteiger partial charge in [0.15, 0.2) is 8.07 Å². The van der Waals surface area contributed by atoms with Gasteiger partial charge in [0.05, 0.1) is 0 Å². The first-order valence-electron chi connectivity index (χ1n) is 22.6. The maximum Gasteiger partial charge on any atom is 0.252 e. The number of hydrogen-bond acceptors (Lipinski definition) is 2. The summed E-state index contributed by atoms with van der Waals surface area (Å²) in [6.45, 7) is 7.19. The van der Waals surface area contributed by atoms with E-state index in [4.69, 9.17) is 0 Å². The summed E-state index contributed by atoms with van der Waals surface area (Å²) < 4.78 is 0. The molecule has 7 aromatic carbocycles. The van der Waals surface area contributed by atoms with Gasteiger partial charge in [0.25, 0.3) is 6.71 Å². The highest BCUT2D eigenvalue weighted by Gasteiger charge is 2.56. The smallest absolute Gasteiger partial charge is 0.252 e. The van der Waals surface area contributed by atoms with Gasteiger partial charge in [-0.25, -0.2) is 0 Å². The molecule has 0 spiro atoms. The highest BCUT2D eigenvalue weighted by molar-refractivity contribution is 7.22. The van der Waals surface area contributed by atoms with Gasteiger partial charge in [-0.2, -0.15) is 0 Å². The molecule has 0 unspecified atom stereocenters. The summed E-state index contributed by atoms with van der Waals surface area (Å²) in [6, 6.07) is 64.3. The Morgan fingerprint density at radius 2 is 1.08 bits per heavy atom. The van der Waals surface area contributed by atoms with E-state index in [2.05, 4.69) is 194 Å². The van der Waals surface area contributed by atoms with Gasteiger partial charge in [-0.15, -0.1) is 0 Å². The number of anilines is 6. The molecule has 3 aliphatic heterocycles. The Morgan fingerprint density at radius 1 is 0.517 bits per heavy atom. The van der Waals surface area contributed by atoms with Crippen molar-refractivity contribution in [3.63, 3.8) is 0 Å². The van der Waals surface area contributed by atoms with Crippen molar-refractivity contribution in [2.75, 3.05) is 9.80 Å². The number of hydrogen-bond donors (Lipinski definition) is 0. The molecule has 0 aromatic heterocycles. The van der Waals surface area contributed by atoms with Crippen molar-refractivity contribution in [1.29, 1.82) is 0 Å². The quantitative estimate of drug-likeness (QED) is 0.164. The number of nitrogens with zero attached hydrogens (tertiary/aromatic N) is 2. The molecule has 4 aliphatic carbocycles. The Bertz CT molecular complexity index is 2790. The zero-order chi connectivity index (χ0) is 40.0. The van der Waals surface area contributed by atoms with Crippen LogP contribution in [0.3, 0.4) is 0 Å². The van der Waals surface area contributed by atoms with Crippen molar-refractivity contribution in [2.45, 2.75) is 70.1 Å². The summed E-state index contributed by atoms with van der Waals surface area (Å²) in [4.78, 5) is 5.44. The van der Waals surface area contributed by atoms with Crippen LogP contribution in [0.2, 0.25) is 0 Å². The molecule has 4 bridgehead atoms. The van der Waals surface area contributed by atoms with E-state index in [9.17, 15) is 0 Å². The van der Waals surface area contributed by atoms with Crippen molar-refractivity contribution < 1.29 is 0 Å². The summed E-state index contributed by atoms with van der Waals surface area (Å²) in [7, 11) is -2.81. The largest absolute Gasteiger partial charge is 0.312 e. The lowest BCUT2D eigenvalue weighted by Crippen LogP contribution is -2.79. The van der Waals surface area contributed by atoms with Gasteiger partial charge in [-0.1, -0.05) is 148 Å². The van der Waals surface area contributed by atoms with Gasteiger partial charge >= 0.3 is 0 Å². The standard InChI is InChI=1S/C56H51BN2Si/c1-55(2,3)40-26-27-45-48(31-40)58(42-16-7-4-8-17-42)49-32-41(56-34-37-28-38(35-56)30-39(29-37)36-56)33-50-53(49)57(45)46-22-15-25-52-54(46)59(50)47-23-13-14-24-51(47)60(52,43-18-9-5-10-19-43)44-20-11-6-12-21-44/h4-27,31-33,37-39H,28-30,34-36H2,1-3H3. The maximum absolute atomic E-state index is 2.81. The minimum absolute atomic E-state index is 0.0133. The van der Waals surface area contributed by atoms with Crippen molar-refractivity contribution in [3.05, 3.63) is 175 Å². The highest BCUT2D eigenvalue weighted by atomic mass is 28.3. The Balaban J connectivity index is 1.17. The molecule has 0 atom stereocenters. The van der Waals surface area contributed by atoms with E-state index in [0.717, 1.165) is 17.8 Å². The number of benzene rings is 7. The van der Waals surface area contributed by atoms with Gasteiger partial charge in [0.1, 0.15) is 0 Å². The molecule has 7 aliphatic rings. The number of rotatable bonds is 4. The van der Waals surface area contributed by atoms with Gasteiger partial charge in [0.2, 0.25) is 0 Å². The summed E-state index contributed by atoms with van der Waals surface area (Å²) in [5, 5.41) is 5.87. The van der Waals surface area contributed by atoms with E-state index < -0.39 is 8.07 Å². The first kappa shape index (κ1) is 35.2. The van der Waals surface area contributed by atoms with Crippen LogP contribution in [0.4, 0.5) is 34.1 Å². The van der Waals surface area contributed by atoms with Crippen LogP contribution in [0.5, 0.6) is 0 Å². The lowest BCUT2D eigenvalue weighted by molar-refractivity contribution is -0.00514. The van der Waals surface area contributed by atoms with Crippen LogP contribution in [0.1, 0.15) is 70.4 Å². The normalized spacial score (nSPS) is 23.4. The molecule has 292 valence electrons. The van der Waals surface area contributed by atoms with Crippen molar-refractivity contribution >= 4 is 86.0 Å². The van der Waals surface area contributed by atoms with Gasteiger partial charge in [-0.05, 0) is 152 Å². The minimum atomic E-state index is -2.81.